The van der Waals surface area contributed by atoms with Gasteiger partial charge in [-0.1, -0.05) is 6.92 Å². The summed E-state index contributed by atoms with van der Waals surface area (Å²) in [5.41, 5.74) is 10.7. The predicted octanol–water partition coefficient (Wildman–Crippen LogP) is 3.17. The molecule has 0 saturated carbocycles. The molecule has 2 atom stereocenters. The van der Waals surface area contributed by atoms with E-state index in [4.69, 9.17) is 11.5 Å². The smallest absolute Gasteiger partial charge is 0.316 e. The van der Waals surface area contributed by atoms with Crippen molar-refractivity contribution in [2.24, 2.45) is 23.3 Å². The summed E-state index contributed by atoms with van der Waals surface area (Å²) in [7, 11) is 0. The third-order valence-electron chi connectivity index (χ3n) is 2.87. The first-order chi connectivity index (χ1) is 7.92. The number of alkyl halides is 6. The number of nitrogens with two attached hydrogens (primary N) is 2. The van der Waals surface area contributed by atoms with E-state index in [1.165, 1.54) is 6.92 Å². The molecule has 4 N–H and O–H groups in total. The van der Waals surface area contributed by atoms with E-state index in [-0.39, 0.29) is 12.8 Å². The summed E-state index contributed by atoms with van der Waals surface area (Å²) in [5.74, 6) is -1.37. The summed E-state index contributed by atoms with van der Waals surface area (Å²) in [6.07, 6.45) is -12.5. The van der Waals surface area contributed by atoms with Crippen molar-refractivity contribution in [1.29, 1.82) is 0 Å². The molecule has 0 bridgehead atoms. The lowest BCUT2D eigenvalue weighted by Gasteiger charge is -2.27. The topological polar surface area (TPSA) is 52.0 Å². The summed E-state index contributed by atoms with van der Waals surface area (Å²) in [6.45, 7) is 1.44. The van der Waals surface area contributed by atoms with Crippen molar-refractivity contribution in [3.05, 3.63) is 0 Å². The molecule has 0 fully saturated rings. The van der Waals surface area contributed by atoms with Crippen LogP contribution in [0.2, 0.25) is 0 Å². The first-order valence-corrected chi connectivity index (χ1v) is 5.57. The minimum absolute atomic E-state index is 0.267. The zero-order valence-corrected chi connectivity index (χ0v) is 9.98. The Labute approximate surface area is 102 Å². The van der Waals surface area contributed by atoms with Crippen LogP contribution in [0.3, 0.4) is 0 Å². The fourth-order valence-corrected chi connectivity index (χ4v) is 1.79. The van der Waals surface area contributed by atoms with Crippen LogP contribution in [0.1, 0.15) is 32.6 Å². The summed E-state index contributed by atoms with van der Waals surface area (Å²) >= 11 is 0. The van der Waals surface area contributed by atoms with E-state index < -0.39 is 43.2 Å². The summed E-state index contributed by atoms with van der Waals surface area (Å²) in [6, 6.07) is 0. The Bertz CT molecular complexity index is 236. The molecule has 0 aliphatic heterocycles. The maximum atomic E-state index is 12.1. The monoisotopic (exact) mass is 280 g/mol. The first-order valence-electron chi connectivity index (χ1n) is 5.57. The van der Waals surface area contributed by atoms with Crippen LogP contribution in [0.5, 0.6) is 0 Å². The Morgan fingerprint density at radius 3 is 1.56 bits per heavy atom. The zero-order chi connectivity index (χ0) is 14.6. The van der Waals surface area contributed by atoms with E-state index in [1.807, 2.05) is 0 Å². The van der Waals surface area contributed by atoms with E-state index in [0.717, 1.165) is 0 Å². The van der Waals surface area contributed by atoms with Gasteiger partial charge >= 0.3 is 12.4 Å². The lowest BCUT2D eigenvalue weighted by Crippen LogP contribution is -2.42. The Kier molecular flexibility index (Phi) is 6.42. The molecule has 0 aromatic rings. The van der Waals surface area contributed by atoms with Crippen LogP contribution in [0.25, 0.3) is 0 Å². The predicted molar refractivity (Wildman–Crippen MR) is 55.4 cm³/mol. The van der Waals surface area contributed by atoms with Gasteiger partial charge in [0.05, 0.1) is 6.17 Å². The van der Waals surface area contributed by atoms with Crippen LogP contribution in [-0.4, -0.2) is 18.5 Å². The molecule has 0 aliphatic carbocycles. The number of hydrogen-bond acceptors (Lipinski definition) is 2. The van der Waals surface area contributed by atoms with Crippen LogP contribution >= 0.6 is 0 Å². The highest BCUT2D eigenvalue weighted by Crippen LogP contribution is 2.32. The fraction of sp³-hybridized carbons (Fsp3) is 1.00. The van der Waals surface area contributed by atoms with Crippen molar-refractivity contribution in [2.75, 3.05) is 0 Å². The van der Waals surface area contributed by atoms with Gasteiger partial charge in [0.2, 0.25) is 0 Å². The van der Waals surface area contributed by atoms with Gasteiger partial charge < -0.3 is 11.5 Å². The number of hydrogen-bond donors (Lipinski definition) is 2. The van der Waals surface area contributed by atoms with Crippen molar-refractivity contribution in [3.63, 3.8) is 0 Å². The second-order valence-electron chi connectivity index (χ2n) is 4.53. The van der Waals surface area contributed by atoms with Crippen LogP contribution < -0.4 is 11.5 Å². The van der Waals surface area contributed by atoms with Gasteiger partial charge in [0.1, 0.15) is 0 Å². The molecule has 0 aromatic carbocycles. The second kappa shape index (κ2) is 6.60. The standard InChI is InChI=1S/C10H18F6N2/c1-6(2-4-9(11,12)13)7(8(17)18)3-5-10(14,15)16/h6-8H,2-5,17-18H2,1H3. The lowest BCUT2D eigenvalue weighted by molar-refractivity contribution is -0.144. The molecule has 0 spiro atoms. The number of rotatable bonds is 6. The largest absolute Gasteiger partial charge is 0.389 e. The van der Waals surface area contributed by atoms with Gasteiger partial charge in [-0.3, -0.25) is 0 Å². The number of halogens is 6. The van der Waals surface area contributed by atoms with Crippen molar-refractivity contribution in [2.45, 2.75) is 51.1 Å². The van der Waals surface area contributed by atoms with Gasteiger partial charge in [0.25, 0.3) is 0 Å². The van der Waals surface area contributed by atoms with Gasteiger partial charge in [0.15, 0.2) is 0 Å². The molecule has 0 saturated heterocycles. The Balaban J connectivity index is 4.32. The summed E-state index contributed by atoms with van der Waals surface area (Å²) in [5, 5.41) is 0. The van der Waals surface area contributed by atoms with Gasteiger partial charge in [-0.2, -0.15) is 26.3 Å². The average Bonchev–Trinajstić information content (AvgIpc) is 2.11. The maximum Gasteiger partial charge on any atom is 0.389 e. The fourth-order valence-electron chi connectivity index (χ4n) is 1.79. The Morgan fingerprint density at radius 1 is 0.833 bits per heavy atom. The first kappa shape index (κ1) is 17.5. The summed E-state index contributed by atoms with van der Waals surface area (Å²) < 4.78 is 72.2. The van der Waals surface area contributed by atoms with Crippen molar-refractivity contribution >= 4 is 0 Å². The molecule has 0 aliphatic rings. The molecular formula is C10H18F6N2. The molecule has 0 rings (SSSR count). The minimum atomic E-state index is -4.35. The summed E-state index contributed by atoms with van der Waals surface area (Å²) in [4.78, 5) is 0. The highest BCUT2D eigenvalue weighted by molar-refractivity contribution is 4.75. The van der Waals surface area contributed by atoms with Gasteiger partial charge in [-0.05, 0) is 24.7 Å². The highest BCUT2D eigenvalue weighted by atomic mass is 19.4. The normalized spacial score (nSPS) is 17.0. The molecule has 2 nitrogen and oxygen atoms in total. The van der Waals surface area contributed by atoms with Gasteiger partial charge in [-0.15, -0.1) is 0 Å². The Hall–Kier alpha value is -0.500. The molecule has 2 unspecified atom stereocenters. The zero-order valence-electron chi connectivity index (χ0n) is 9.98. The lowest BCUT2D eigenvalue weighted by atomic mass is 9.84. The third kappa shape index (κ3) is 8.57. The highest BCUT2D eigenvalue weighted by Gasteiger charge is 2.33. The SMILES string of the molecule is CC(CCC(F)(F)F)C(CCC(F)(F)F)C(N)N. The molecule has 0 heterocycles. The molecule has 0 amide bonds. The second-order valence-corrected chi connectivity index (χ2v) is 4.53. The molecular weight excluding hydrogens is 262 g/mol. The van der Waals surface area contributed by atoms with Gasteiger partial charge in [-0.25, -0.2) is 0 Å². The van der Waals surface area contributed by atoms with E-state index in [2.05, 4.69) is 0 Å². The van der Waals surface area contributed by atoms with Crippen molar-refractivity contribution in [3.8, 4) is 0 Å². The van der Waals surface area contributed by atoms with Crippen LogP contribution in [-0.2, 0) is 0 Å². The molecule has 0 aromatic heterocycles. The van der Waals surface area contributed by atoms with E-state index in [9.17, 15) is 26.3 Å². The third-order valence-corrected chi connectivity index (χ3v) is 2.87. The minimum Gasteiger partial charge on any atom is -0.316 e. The van der Waals surface area contributed by atoms with E-state index >= 15 is 0 Å². The van der Waals surface area contributed by atoms with Crippen molar-refractivity contribution < 1.29 is 26.3 Å². The molecule has 110 valence electrons. The van der Waals surface area contributed by atoms with Crippen LogP contribution in [0, 0.1) is 11.8 Å². The van der Waals surface area contributed by atoms with E-state index in [0.29, 0.717) is 0 Å². The van der Waals surface area contributed by atoms with E-state index in [1.54, 1.807) is 0 Å². The maximum absolute atomic E-state index is 12.1. The quantitative estimate of drug-likeness (QED) is 0.580. The van der Waals surface area contributed by atoms with Crippen LogP contribution in [0.4, 0.5) is 26.3 Å². The van der Waals surface area contributed by atoms with Crippen LogP contribution in [0.15, 0.2) is 0 Å². The van der Waals surface area contributed by atoms with Crippen molar-refractivity contribution in [1.82, 2.24) is 0 Å². The molecule has 18 heavy (non-hydrogen) atoms. The molecule has 8 heteroatoms. The molecule has 0 radical (unpaired) electrons. The van der Waals surface area contributed by atoms with Gasteiger partial charge in [0, 0.05) is 12.8 Å². The Morgan fingerprint density at radius 2 is 1.22 bits per heavy atom. The average molecular weight is 280 g/mol.